The second-order valence-electron chi connectivity index (χ2n) is 11.1. The van der Waals surface area contributed by atoms with Crippen molar-refractivity contribution in [2.24, 2.45) is 11.7 Å². The Morgan fingerprint density at radius 2 is 2.03 bits per heavy atom. The van der Waals surface area contributed by atoms with Gasteiger partial charge in [0.05, 0.1) is 30.2 Å². The molecule has 2 aromatic rings. The van der Waals surface area contributed by atoms with E-state index >= 15 is 0 Å². The molecule has 1 aliphatic rings. The summed E-state index contributed by atoms with van der Waals surface area (Å²) < 4.78 is 14.9. The Morgan fingerprint density at radius 3 is 2.63 bits per heavy atom. The number of nitriles is 1. The molecule has 0 radical (unpaired) electrons. The van der Waals surface area contributed by atoms with E-state index in [2.05, 4.69) is 80.1 Å². The lowest BCUT2D eigenvalue weighted by Gasteiger charge is -2.43. The second kappa shape index (κ2) is 10.0. The highest BCUT2D eigenvalue weighted by atomic mass is 79.9. The molecule has 3 rings (SSSR count). The molecule has 0 aliphatic carbocycles. The number of nitrogens with two attached hydrogens (primary N) is 1. The SMILES string of the molecule is CC(C)(O[Si](C)(C)C(C)(C)C)c1cc(Nc2nn([C@@H]3COCC[C@H]3C#N)cc2C(N)=O)ccc1Br. The Labute approximate surface area is 217 Å². The molecule has 10 heteroatoms. The predicted octanol–water partition coefficient (Wildman–Crippen LogP) is 5.85. The van der Waals surface area contributed by atoms with Gasteiger partial charge in [-0.05, 0) is 62.2 Å². The van der Waals surface area contributed by atoms with Gasteiger partial charge in [-0.3, -0.25) is 9.48 Å². The van der Waals surface area contributed by atoms with Crippen molar-refractivity contribution in [3.63, 3.8) is 0 Å². The summed E-state index contributed by atoms with van der Waals surface area (Å²) in [7, 11) is -2.04. The van der Waals surface area contributed by atoms with E-state index in [0.717, 1.165) is 15.7 Å². The monoisotopic (exact) mass is 561 g/mol. The molecule has 1 aliphatic heterocycles. The summed E-state index contributed by atoms with van der Waals surface area (Å²) in [6.07, 6.45) is 2.22. The van der Waals surface area contributed by atoms with Crippen LogP contribution in [0.25, 0.3) is 0 Å². The van der Waals surface area contributed by atoms with E-state index in [1.807, 2.05) is 18.2 Å². The third kappa shape index (κ3) is 5.97. The highest BCUT2D eigenvalue weighted by Gasteiger charge is 2.42. The van der Waals surface area contributed by atoms with Gasteiger partial charge in [0.25, 0.3) is 5.91 Å². The van der Waals surface area contributed by atoms with Crippen LogP contribution in [0.1, 0.15) is 63.0 Å². The van der Waals surface area contributed by atoms with Crippen molar-refractivity contribution in [2.45, 2.75) is 70.8 Å². The topological polar surface area (TPSA) is 115 Å². The minimum Gasteiger partial charge on any atom is -0.408 e. The lowest BCUT2D eigenvalue weighted by Crippen LogP contribution is -2.46. The number of hydrogen-bond acceptors (Lipinski definition) is 6. The van der Waals surface area contributed by atoms with Gasteiger partial charge < -0.3 is 20.2 Å². The van der Waals surface area contributed by atoms with Crippen LogP contribution in [0, 0.1) is 17.2 Å². The third-order valence-electron chi connectivity index (χ3n) is 7.02. The zero-order valence-electron chi connectivity index (χ0n) is 21.6. The Balaban J connectivity index is 1.94. The maximum atomic E-state index is 12.2. The number of primary amides is 1. The van der Waals surface area contributed by atoms with E-state index in [1.54, 1.807) is 10.9 Å². The first kappa shape index (κ1) is 27.4. The van der Waals surface area contributed by atoms with Gasteiger partial charge in [0.15, 0.2) is 14.1 Å². The molecule has 0 saturated carbocycles. The molecule has 2 heterocycles. The molecular formula is C25H36BrN5O3Si. The Kier molecular flexibility index (Phi) is 7.87. The van der Waals surface area contributed by atoms with Crippen LogP contribution < -0.4 is 11.1 Å². The number of carbonyl (C=O) groups excluding carboxylic acids is 1. The number of benzene rings is 1. The summed E-state index contributed by atoms with van der Waals surface area (Å²) in [5.74, 6) is -0.496. The average molecular weight is 563 g/mol. The number of nitrogens with zero attached hydrogens (tertiary/aromatic N) is 3. The predicted molar refractivity (Wildman–Crippen MR) is 143 cm³/mol. The van der Waals surface area contributed by atoms with Crippen LogP contribution in [0.15, 0.2) is 28.9 Å². The molecule has 2 atom stereocenters. The second-order valence-corrected chi connectivity index (χ2v) is 16.7. The van der Waals surface area contributed by atoms with Gasteiger partial charge in [-0.25, -0.2) is 0 Å². The minimum absolute atomic E-state index is 0.0694. The van der Waals surface area contributed by atoms with E-state index in [0.29, 0.717) is 25.5 Å². The smallest absolute Gasteiger partial charge is 0.254 e. The molecule has 35 heavy (non-hydrogen) atoms. The van der Waals surface area contributed by atoms with Crippen molar-refractivity contribution < 1.29 is 14.0 Å². The Hall–Kier alpha value is -2.19. The maximum absolute atomic E-state index is 12.2. The van der Waals surface area contributed by atoms with Crippen molar-refractivity contribution in [2.75, 3.05) is 18.5 Å². The number of halogens is 1. The van der Waals surface area contributed by atoms with Crippen molar-refractivity contribution in [1.82, 2.24) is 9.78 Å². The number of aromatic nitrogens is 2. The first-order chi connectivity index (χ1) is 16.2. The highest BCUT2D eigenvalue weighted by Crippen LogP contribution is 2.43. The summed E-state index contributed by atoms with van der Waals surface area (Å²) in [5.41, 5.74) is 7.10. The molecule has 1 fully saturated rings. The zero-order valence-corrected chi connectivity index (χ0v) is 24.2. The molecule has 0 spiro atoms. The van der Waals surface area contributed by atoms with Crippen molar-refractivity contribution >= 4 is 41.7 Å². The van der Waals surface area contributed by atoms with Crippen LogP contribution in [0.5, 0.6) is 0 Å². The number of anilines is 2. The molecule has 8 nitrogen and oxygen atoms in total. The van der Waals surface area contributed by atoms with Gasteiger partial charge in [-0.1, -0.05) is 36.7 Å². The quantitative estimate of drug-likeness (QED) is 0.410. The standard InChI is InChI=1S/C25H36BrN5O3Si/c1-24(2,3)35(6,7)34-25(4,5)19-12-17(8-9-20(19)26)29-23-18(22(28)32)14-31(30-23)21-15-33-11-10-16(21)13-27/h8-9,12,14,16,21H,10-11,15H2,1-7H3,(H2,28,32)(H,29,30)/t16-,21+/m0/s1. The molecular weight excluding hydrogens is 526 g/mol. The van der Waals surface area contributed by atoms with E-state index in [9.17, 15) is 10.1 Å². The first-order valence-electron chi connectivity index (χ1n) is 11.8. The van der Waals surface area contributed by atoms with Gasteiger partial charge >= 0.3 is 0 Å². The number of carbonyl (C=O) groups is 1. The van der Waals surface area contributed by atoms with Crippen molar-refractivity contribution in [1.29, 1.82) is 5.26 Å². The van der Waals surface area contributed by atoms with Gasteiger partial charge in [0, 0.05) is 23.0 Å². The van der Waals surface area contributed by atoms with Gasteiger partial charge in [-0.2, -0.15) is 10.4 Å². The van der Waals surface area contributed by atoms with E-state index in [4.69, 9.17) is 14.9 Å². The molecule has 1 aromatic heterocycles. The molecule has 1 aromatic carbocycles. The summed E-state index contributed by atoms with van der Waals surface area (Å²) in [6.45, 7) is 16.2. The molecule has 1 saturated heterocycles. The number of nitrogens with one attached hydrogen (secondary N) is 1. The lowest BCUT2D eigenvalue weighted by molar-refractivity contribution is 0.0342. The average Bonchev–Trinajstić information content (AvgIpc) is 3.17. The van der Waals surface area contributed by atoms with Crippen molar-refractivity contribution in [3.05, 3.63) is 40.0 Å². The molecule has 0 bridgehead atoms. The van der Waals surface area contributed by atoms with E-state index in [1.165, 1.54) is 0 Å². The normalized spacial score (nSPS) is 19.3. The zero-order chi connectivity index (χ0) is 26.2. The summed E-state index contributed by atoms with van der Waals surface area (Å²) in [4.78, 5) is 12.2. The van der Waals surface area contributed by atoms with Gasteiger partial charge in [-0.15, -0.1) is 0 Å². The minimum atomic E-state index is -2.04. The Morgan fingerprint density at radius 1 is 1.34 bits per heavy atom. The van der Waals surface area contributed by atoms with E-state index < -0.39 is 19.8 Å². The number of ether oxygens (including phenoxy) is 1. The van der Waals surface area contributed by atoms with Gasteiger partial charge in [0.1, 0.15) is 5.56 Å². The fourth-order valence-electron chi connectivity index (χ4n) is 4.02. The molecule has 3 N–H and O–H groups in total. The van der Waals surface area contributed by atoms with Crippen LogP contribution in [-0.2, 0) is 14.8 Å². The van der Waals surface area contributed by atoms with Crippen LogP contribution in [-0.4, -0.2) is 37.2 Å². The Bertz CT molecular complexity index is 1130. The van der Waals surface area contributed by atoms with Crippen LogP contribution in [0.3, 0.4) is 0 Å². The lowest BCUT2D eigenvalue weighted by atomic mass is 9.97. The molecule has 0 unspecified atom stereocenters. The number of amides is 1. The summed E-state index contributed by atoms with van der Waals surface area (Å²) in [5, 5.41) is 17.5. The number of rotatable bonds is 7. The van der Waals surface area contributed by atoms with Crippen LogP contribution in [0.2, 0.25) is 18.1 Å². The van der Waals surface area contributed by atoms with Crippen LogP contribution in [0.4, 0.5) is 11.5 Å². The highest BCUT2D eigenvalue weighted by molar-refractivity contribution is 9.10. The van der Waals surface area contributed by atoms with Crippen molar-refractivity contribution in [3.8, 4) is 6.07 Å². The summed E-state index contributed by atoms with van der Waals surface area (Å²) >= 11 is 3.69. The fraction of sp³-hybridized carbons (Fsp3) is 0.560. The van der Waals surface area contributed by atoms with Crippen LogP contribution >= 0.6 is 15.9 Å². The largest absolute Gasteiger partial charge is 0.408 e. The maximum Gasteiger partial charge on any atom is 0.254 e. The van der Waals surface area contributed by atoms with E-state index in [-0.39, 0.29) is 22.6 Å². The number of hydrogen-bond donors (Lipinski definition) is 2. The third-order valence-corrected chi connectivity index (χ3v) is 12.3. The molecule has 1 amide bonds. The molecule has 190 valence electrons. The summed E-state index contributed by atoms with van der Waals surface area (Å²) in [6, 6.07) is 7.91. The first-order valence-corrected chi connectivity index (χ1v) is 15.5. The fourth-order valence-corrected chi connectivity index (χ4v) is 6.43. The van der Waals surface area contributed by atoms with Gasteiger partial charge in [0.2, 0.25) is 0 Å².